The second kappa shape index (κ2) is 1.31. The maximum absolute atomic E-state index is 2.47. The van der Waals surface area contributed by atoms with Gasteiger partial charge in [-0.2, -0.15) is 0 Å². The third-order valence-corrected chi connectivity index (χ3v) is 4.91. The summed E-state index contributed by atoms with van der Waals surface area (Å²) in [4.78, 5) is 0. The van der Waals surface area contributed by atoms with Crippen LogP contribution in [0.15, 0.2) is 0 Å². The second-order valence-corrected chi connectivity index (χ2v) is 4.97. The van der Waals surface area contributed by atoms with Gasteiger partial charge in [-0.05, 0) is 48.3 Å². The predicted molar refractivity (Wildman–Crippen MR) is 41.6 cm³/mol. The summed E-state index contributed by atoms with van der Waals surface area (Å²) in [6, 6.07) is 0. The Hall–Kier alpha value is 0. The first-order valence-corrected chi connectivity index (χ1v) is 4.75. The van der Waals surface area contributed by atoms with Crippen LogP contribution in [0.2, 0.25) is 0 Å². The van der Waals surface area contributed by atoms with E-state index in [2.05, 4.69) is 13.8 Å². The van der Waals surface area contributed by atoms with Gasteiger partial charge in [-0.15, -0.1) is 0 Å². The number of hydrogen-bond acceptors (Lipinski definition) is 0. The zero-order chi connectivity index (χ0) is 6.93. The molecule has 0 saturated heterocycles. The average molecular weight is 136 g/mol. The lowest BCUT2D eigenvalue weighted by atomic mass is 9.27. The minimum Gasteiger partial charge on any atom is -0.0622 e. The zero-order valence-corrected chi connectivity index (χ0v) is 6.93. The van der Waals surface area contributed by atoms with E-state index in [1.54, 1.807) is 19.3 Å². The molecule has 3 fully saturated rings. The van der Waals surface area contributed by atoms with Crippen molar-refractivity contribution in [3.05, 3.63) is 0 Å². The summed E-state index contributed by atoms with van der Waals surface area (Å²) in [5.41, 5.74) is 0.930. The van der Waals surface area contributed by atoms with E-state index in [1.165, 1.54) is 11.8 Å². The summed E-state index contributed by atoms with van der Waals surface area (Å²) in [5, 5.41) is 0. The van der Waals surface area contributed by atoms with E-state index in [1.807, 2.05) is 0 Å². The molecular weight excluding hydrogens is 120 g/mol. The van der Waals surface area contributed by atoms with Gasteiger partial charge in [-0.25, -0.2) is 0 Å². The number of hydrogen-bond donors (Lipinski definition) is 0. The van der Waals surface area contributed by atoms with E-state index in [4.69, 9.17) is 0 Å². The van der Waals surface area contributed by atoms with Crippen molar-refractivity contribution < 1.29 is 0 Å². The third kappa shape index (κ3) is 0.320. The quantitative estimate of drug-likeness (QED) is 0.480. The molecule has 3 aliphatic carbocycles. The zero-order valence-electron chi connectivity index (χ0n) is 6.93. The maximum atomic E-state index is 2.47. The minimum absolute atomic E-state index is 0.930. The maximum Gasteiger partial charge on any atom is -0.0210 e. The molecule has 56 valence electrons. The molecule has 0 aromatic carbocycles. The van der Waals surface area contributed by atoms with Crippen molar-refractivity contribution in [2.75, 3.05) is 0 Å². The molecule has 0 nitrogen and oxygen atoms in total. The first kappa shape index (κ1) is 5.62. The van der Waals surface area contributed by atoms with Gasteiger partial charge in [-0.1, -0.05) is 13.8 Å². The van der Waals surface area contributed by atoms with Crippen molar-refractivity contribution in [2.45, 2.75) is 33.1 Å². The molecule has 1 spiro atoms. The first-order chi connectivity index (χ1) is 4.75. The van der Waals surface area contributed by atoms with E-state index in [0.29, 0.717) is 0 Å². The van der Waals surface area contributed by atoms with E-state index >= 15 is 0 Å². The molecule has 0 aromatic rings. The molecule has 0 radical (unpaired) electrons. The Morgan fingerprint density at radius 3 is 2.30 bits per heavy atom. The molecule has 0 aromatic heterocycles. The van der Waals surface area contributed by atoms with Crippen LogP contribution < -0.4 is 0 Å². The Bertz CT molecular complexity index is 178. The van der Waals surface area contributed by atoms with Gasteiger partial charge in [0.25, 0.3) is 0 Å². The van der Waals surface area contributed by atoms with Gasteiger partial charge < -0.3 is 0 Å². The molecule has 0 heterocycles. The van der Waals surface area contributed by atoms with E-state index in [-0.39, 0.29) is 0 Å². The van der Waals surface area contributed by atoms with Crippen LogP contribution in [0.1, 0.15) is 33.1 Å². The number of rotatable bonds is 0. The topological polar surface area (TPSA) is 0 Å². The lowest BCUT2D eigenvalue weighted by molar-refractivity contribution is -0.287. The van der Waals surface area contributed by atoms with Crippen molar-refractivity contribution in [1.82, 2.24) is 0 Å². The monoisotopic (exact) mass is 136 g/mol. The summed E-state index contributed by atoms with van der Waals surface area (Å²) in [5.74, 6) is 4.52. The van der Waals surface area contributed by atoms with Gasteiger partial charge in [0.05, 0.1) is 0 Å². The summed E-state index contributed by atoms with van der Waals surface area (Å²) >= 11 is 0. The van der Waals surface area contributed by atoms with Gasteiger partial charge in [0.15, 0.2) is 0 Å². The Morgan fingerprint density at radius 1 is 1.20 bits per heavy atom. The van der Waals surface area contributed by atoms with Gasteiger partial charge in [0.2, 0.25) is 0 Å². The molecule has 0 heteroatoms. The highest BCUT2D eigenvalue weighted by Gasteiger charge is 2.71. The van der Waals surface area contributed by atoms with E-state index < -0.39 is 0 Å². The molecule has 3 saturated carbocycles. The highest BCUT2D eigenvalue weighted by Crippen LogP contribution is 2.78. The molecule has 0 aliphatic heterocycles. The van der Waals surface area contributed by atoms with Crippen LogP contribution in [0.3, 0.4) is 0 Å². The Labute approximate surface area is 63.0 Å². The van der Waals surface area contributed by atoms with Crippen LogP contribution in [-0.4, -0.2) is 0 Å². The molecule has 0 N–H and O–H groups in total. The van der Waals surface area contributed by atoms with Crippen LogP contribution >= 0.6 is 0 Å². The minimum atomic E-state index is 0.930. The van der Waals surface area contributed by atoms with E-state index in [0.717, 1.165) is 17.3 Å². The molecule has 0 amide bonds. The standard InChI is InChI=1S/C10H16/c1-6-5-10-7(2)3-8(10)4-9(6)10/h6-9H,3-5H2,1-2H3/t6-,7-,8?,9?,10?/m0/s1. The highest BCUT2D eigenvalue weighted by molar-refractivity contribution is 5.20. The SMILES string of the molecule is C[C@H]1CC23C(CC12)C[C@@H]3C. The first-order valence-electron chi connectivity index (χ1n) is 4.75. The van der Waals surface area contributed by atoms with Crippen LogP contribution in [-0.2, 0) is 0 Å². The van der Waals surface area contributed by atoms with Crippen molar-refractivity contribution in [3.63, 3.8) is 0 Å². The summed E-state index contributed by atoms with van der Waals surface area (Å²) < 4.78 is 0. The normalized spacial score (nSPS) is 70.2. The fraction of sp³-hybridized carbons (Fsp3) is 1.00. The highest BCUT2D eigenvalue weighted by atomic mass is 14.8. The molecule has 5 atom stereocenters. The van der Waals surface area contributed by atoms with Gasteiger partial charge in [0.1, 0.15) is 0 Å². The summed E-state index contributed by atoms with van der Waals surface area (Å²) in [7, 11) is 0. The smallest absolute Gasteiger partial charge is 0.0210 e. The fourth-order valence-corrected chi connectivity index (χ4v) is 4.28. The van der Waals surface area contributed by atoms with Crippen molar-refractivity contribution in [1.29, 1.82) is 0 Å². The average Bonchev–Trinajstić information content (AvgIpc) is 1.90. The molecule has 3 unspecified atom stereocenters. The third-order valence-electron chi connectivity index (χ3n) is 4.91. The molecule has 10 heavy (non-hydrogen) atoms. The predicted octanol–water partition coefficient (Wildman–Crippen LogP) is 2.69. The van der Waals surface area contributed by atoms with Crippen LogP contribution in [0.25, 0.3) is 0 Å². The van der Waals surface area contributed by atoms with Gasteiger partial charge in [0, 0.05) is 0 Å². The van der Waals surface area contributed by atoms with Gasteiger partial charge >= 0.3 is 0 Å². The second-order valence-electron chi connectivity index (χ2n) is 4.97. The van der Waals surface area contributed by atoms with Crippen LogP contribution in [0.4, 0.5) is 0 Å². The molecule has 0 bridgehead atoms. The summed E-state index contributed by atoms with van der Waals surface area (Å²) in [6.45, 7) is 4.91. The Kier molecular flexibility index (Phi) is 0.735. The van der Waals surface area contributed by atoms with Crippen LogP contribution in [0, 0.1) is 29.1 Å². The lowest BCUT2D eigenvalue weighted by Gasteiger charge is -2.77. The van der Waals surface area contributed by atoms with Crippen molar-refractivity contribution in [2.24, 2.45) is 29.1 Å². The molecule has 3 aliphatic rings. The Morgan fingerprint density at radius 2 is 2.00 bits per heavy atom. The Balaban J connectivity index is 1.88. The largest absolute Gasteiger partial charge is 0.0622 e. The molecular formula is C10H16. The fourth-order valence-electron chi connectivity index (χ4n) is 4.28. The summed E-state index contributed by atoms with van der Waals surface area (Å²) in [6.07, 6.45) is 4.72. The van der Waals surface area contributed by atoms with Gasteiger partial charge in [-0.3, -0.25) is 0 Å². The van der Waals surface area contributed by atoms with Crippen molar-refractivity contribution in [3.8, 4) is 0 Å². The van der Waals surface area contributed by atoms with Crippen LogP contribution in [0.5, 0.6) is 0 Å². The lowest BCUT2D eigenvalue weighted by Crippen LogP contribution is -2.70. The molecule has 3 rings (SSSR count). The van der Waals surface area contributed by atoms with Crippen molar-refractivity contribution >= 4 is 0 Å². The van der Waals surface area contributed by atoms with E-state index in [9.17, 15) is 0 Å².